The predicted molar refractivity (Wildman–Crippen MR) is 61.3 cm³/mol. The number of allylic oxidation sites excluding steroid dienone is 1. The van der Waals surface area contributed by atoms with Gasteiger partial charge >= 0.3 is 5.97 Å². The summed E-state index contributed by atoms with van der Waals surface area (Å²) in [7, 11) is 1.47. The number of H-pyrrole nitrogens is 1. The number of carbonyl (C=O) groups excluding carboxylic acids is 1. The smallest absolute Gasteiger partial charge is 0.326 e. The molecular formula is C11H15N3O3. The van der Waals surface area contributed by atoms with E-state index >= 15 is 0 Å². The third kappa shape index (κ3) is 3.44. The second kappa shape index (κ2) is 5.83. The van der Waals surface area contributed by atoms with Crippen LogP contribution in [0.1, 0.15) is 12.6 Å². The molecule has 0 fully saturated rings. The number of imidazole rings is 1. The van der Waals surface area contributed by atoms with E-state index in [2.05, 4.69) is 9.97 Å². The van der Waals surface area contributed by atoms with Gasteiger partial charge in [-0.3, -0.25) is 4.79 Å². The Morgan fingerprint density at radius 3 is 2.82 bits per heavy atom. The van der Waals surface area contributed by atoms with E-state index in [1.54, 1.807) is 19.2 Å². The zero-order valence-corrected chi connectivity index (χ0v) is 9.75. The van der Waals surface area contributed by atoms with Crippen LogP contribution in [0, 0.1) is 0 Å². The van der Waals surface area contributed by atoms with Gasteiger partial charge in [-0.15, -0.1) is 0 Å². The van der Waals surface area contributed by atoms with Crippen LogP contribution in [0.4, 0.5) is 0 Å². The second-order valence-electron chi connectivity index (χ2n) is 3.58. The van der Waals surface area contributed by atoms with Gasteiger partial charge < -0.3 is 15.0 Å². The maximum absolute atomic E-state index is 11.6. The molecule has 0 bridgehead atoms. The van der Waals surface area contributed by atoms with E-state index in [1.165, 1.54) is 24.4 Å². The number of carboxylic acid groups (broad SMARTS) is 1. The average Bonchev–Trinajstić information content (AvgIpc) is 2.77. The largest absolute Gasteiger partial charge is 0.480 e. The number of aromatic nitrogens is 2. The van der Waals surface area contributed by atoms with Crippen LogP contribution in [0.15, 0.2) is 24.7 Å². The molecule has 92 valence electrons. The fraction of sp³-hybridized carbons (Fsp3) is 0.364. The van der Waals surface area contributed by atoms with E-state index in [4.69, 9.17) is 5.11 Å². The lowest BCUT2D eigenvalue weighted by molar-refractivity contribution is -0.147. The Kier molecular flexibility index (Phi) is 4.45. The van der Waals surface area contributed by atoms with Gasteiger partial charge in [-0.1, -0.05) is 6.08 Å². The number of carbonyl (C=O) groups is 2. The fourth-order valence-corrected chi connectivity index (χ4v) is 1.41. The molecule has 2 N–H and O–H groups in total. The van der Waals surface area contributed by atoms with Gasteiger partial charge in [-0.25, -0.2) is 9.78 Å². The van der Waals surface area contributed by atoms with Crippen LogP contribution in [-0.4, -0.2) is 44.9 Å². The molecule has 0 aliphatic heterocycles. The van der Waals surface area contributed by atoms with Crippen molar-refractivity contribution < 1.29 is 14.7 Å². The zero-order valence-electron chi connectivity index (χ0n) is 9.75. The predicted octanol–water partition coefficient (Wildman–Crippen LogP) is 0.440. The number of nitrogens with zero attached hydrogens (tertiary/aromatic N) is 2. The molecule has 1 aromatic heterocycles. The molecule has 0 saturated heterocycles. The van der Waals surface area contributed by atoms with Crippen molar-refractivity contribution in [1.82, 2.24) is 14.9 Å². The van der Waals surface area contributed by atoms with Crippen molar-refractivity contribution in [2.75, 3.05) is 7.05 Å². The van der Waals surface area contributed by atoms with Crippen LogP contribution in [0.5, 0.6) is 0 Å². The topological polar surface area (TPSA) is 86.3 Å². The highest BCUT2D eigenvalue weighted by atomic mass is 16.4. The van der Waals surface area contributed by atoms with Gasteiger partial charge in [-0.05, 0) is 13.0 Å². The van der Waals surface area contributed by atoms with Gasteiger partial charge in [-0.2, -0.15) is 0 Å². The van der Waals surface area contributed by atoms with Crippen molar-refractivity contribution >= 4 is 11.9 Å². The van der Waals surface area contributed by atoms with Crippen LogP contribution in [0.25, 0.3) is 0 Å². The molecule has 1 amide bonds. The molecule has 1 atom stereocenters. The van der Waals surface area contributed by atoms with Crippen molar-refractivity contribution in [3.05, 3.63) is 30.4 Å². The van der Waals surface area contributed by atoms with Crippen LogP contribution in [0.2, 0.25) is 0 Å². The Labute approximate surface area is 99.0 Å². The molecule has 0 spiro atoms. The lowest BCUT2D eigenvalue weighted by atomic mass is 10.1. The number of nitrogens with one attached hydrogen (secondary N) is 1. The third-order valence-electron chi connectivity index (χ3n) is 2.38. The number of amides is 1. The monoisotopic (exact) mass is 237 g/mol. The molecule has 0 unspecified atom stereocenters. The summed E-state index contributed by atoms with van der Waals surface area (Å²) < 4.78 is 0. The summed E-state index contributed by atoms with van der Waals surface area (Å²) in [5.74, 6) is -1.38. The molecule has 0 saturated carbocycles. The van der Waals surface area contributed by atoms with Crippen LogP contribution < -0.4 is 0 Å². The lowest BCUT2D eigenvalue weighted by Crippen LogP contribution is -2.43. The normalized spacial score (nSPS) is 12.6. The van der Waals surface area contributed by atoms with E-state index in [0.29, 0.717) is 5.69 Å². The van der Waals surface area contributed by atoms with E-state index in [9.17, 15) is 9.59 Å². The van der Waals surface area contributed by atoms with E-state index < -0.39 is 12.0 Å². The first kappa shape index (κ1) is 13.0. The SMILES string of the molecule is CC=CC(=O)N(C)[C@@H](Cc1cnc[nH]1)C(=O)O. The average molecular weight is 237 g/mol. The number of rotatable bonds is 5. The molecule has 6 heteroatoms. The van der Waals surface area contributed by atoms with Crippen LogP contribution in [-0.2, 0) is 16.0 Å². The fourth-order valence-electron chi connectivity index (χ4n) is 1.41. The van der Waals surface area contributed by atoms with Crippen LogP contribution >= 0.6 is 0 Å². The Hall–Kier alpha value is -2.11. The van der Waals surface area contributed by atoms with Crippen molar-refractivity contribution in [3.8, 4) is 0 Å². The highest BCUT2D eigenvalue weighted by Crippen LogP contribution is 2.06. The summed E-state index contributed by atoms with van der Waals surface area (Å²) in [6.07, 6.45) is 6.14. The van der Waals surface area contributed by atoms with E-state index in [0.717, 1.165) is 0 Å². The summed E-state index contributed by atoms with van der Waals surface area (Å²) in [5.41, 5.74) is 0.678. The first-order valence-corrected chi connectivity index (χ1v) is 5.15. The first-order valence-electron chi connectivity index (χ1n) is 5.15. The summed E-state index contributed by atoms with van der Waals surface area (Å²) in [5, 5.41) is 9.11. The van der Waals surface area contributed by atoms with Gasteiger partial charge in [0.25, 0.3) is 0 Å². The number of aromatic amines is 1. The standard InChI is InChI=1S/C11H15N3O3/c1-3-4-10(15)14(2)9(11(16)17)5-8-6-12-7-13-8/h3-4,6-7,9H,5H2,1-2H3,(H,12,13)(H,16,17)/t9-/m0/s1. The van der Waals surface area contributed by atoms with Crippen molar-refractivity contribution in [3.63, 3.8) is 0 Å². The minimum Gasteiger partial charge on any atom is -0.480 e. The summed E-state index contributed by atoms with van der Waals surface area (Å²) >= 11 is 0. The molecule has 0 aliphatic carbocycles. The van der Waals surface area contributed by atoms with Crippen molar-refractivity contribution in [2.24, 2.45) is 0 Å². The number of likely N-dealkylation sites (N-methyl/N-ethyl adjacent to an activating group) is 1. The maximum atomic E-state index is 11.6. The Balaban J connectivity index is 2.79. The number of carboxylic acids is 1. The van der Waals surface area contributed by atoms with Crippen molar-refractivity contribution in [1.29, 1.82) is 0 Å². The summed E-state index contributed by atoms with van der Waals surface area (Å²) in [4.78, 5) is 30.5. The molecule has 0 aliphatic rings. The minimum absolute atomic E-state index is 0.203. The van der Waals surface area contributed by atoms with Gasteiger partial charge in [0.2, 0.25) is 5.91 Å². The number of hydrogen-bond acceptors (Lipinski definition) is 3. The van der Waals surface area contributed by atoms with Gasteiger partial charge in [0.1, 0.15) is 6.04 Å². The second-order valence-corrected chi connectivity index (χ2v) is 3.58. The maximum Gasteiger partial charge on any atom is 0.326 e. The van der Waals surface area contributed by atoms with Crippen LogP contribution in [0.3, 0.4) is 0 Å². The highest BCUT2D eigenvalue weighted by molar-refractivity contribution is 5.91. The van der Waals surface area contributed by atoms with E-state index in [-0.39, 0.29) is 12.3 Å². The van der Waals surface area contributed by atoms with Gasteiger partial charge in [0.15, 0.2) is 0 Å². The molecule has 1 heterocycles. The minimum atomic E-state index is -1.04. The molecule has 6 nitrogen and oxygen atoms in total. The number of hydrogen-bond donors (Lipinski definition) is 2. The Morgan fingerprint density at radius 2 is 2.35 bits per heavy atom. The summed E-state index contributed by atoms with van der Waals surface area (Å²) in [6.45, 7) is 1.70. The first-order chi connectivity index (χ1) is 8.06. The Bertz CT molecular complexity index is 412. The molecule has 1 aromatic rings. The molecule has 0 radical (unpaired) electrons. The highest BCUT2D eigenvalue weighted by Gasteiger charge is 2.25. The molecular weight excluding hydrogens is 222 g/mol. The van der Waals surface area contributed by atoms with Gasteiger partial charge in [0.05, 0.1) is 6.33 Å². The molecule has 0 aromatic carbocycles. The quantitative estimate of drug-likeness (QED) is 0.727. The zero-order chi connectivity index (χ0) is 12.8. The lowest BCUT2D eigenvalue weighted by Gasteiger charge is -2.23. The molecule has 1 rings (SSSR count). The van der Waals surface area contributed by atoms with Crippen molar-refractivity contribution in [2.45, 2.75) is 19.4 Å². The summed E-state index contributed by atoms with van der Waals surface area (Å²) in [6, 6.07) is -0.904. The molecule has 17 heavy (non-hydrogen) atoms. The Morgan fingerprint density at radius 1 is 1.65 bits per heavy atom. The van der Waals surface area contributed by atoms with Gasteiger partial charge in [0, 0.05) is 25.4 Å². The number of aliphatic carboxylic acids is 1. The third-order valence-corrected chi connectivity index (χ3v) is 2.38. The van der Waals surface area contributed by atoms with E-state index in [1.807, 2.05) is 0 Å².